The highest BCUT2D eigenvalue weighted by Gasteiger charge is 2.42. The first-order valence-electron chi connectivity index (χ1n) is 9.82. The molecule has 26 heavy (non-hydrogen) atoms. The van der Waals surface area contributed by atoms with Crippen LogP contribution in [0.4, 0.5) is 0 Å². The van der Waals surface area contributed by atoms with Crippen molar-refractivity contribution in [2.24, 2.45) is 0 Å². The van der Waals surface area contributed by atoms with Gasteiger partial charge in [-0.2, -0.15) is 0 Å². The van der Waals surface area contributed by atoms with Gasteiger partial charge in [0.05, 0.1) is 5.69 Å². The standard InChI is InChI=1S/C21H32N4O/c1-4-11-25-12-10-21(9-8-20(25)26)17-24(14-13-23(21)3)16-19-7-6-18(5-2)15-22-19/h4,6-7,15H,1,5,8-14,16-17H2,2-3H3/t21-/m0/s1. The average molecular weight is 357 g/mol. The highest BCUT2D eigenvalue weighted by molar-refractivity contribution is 5.76. The Labute approximate surface area is 157 Å². The van der Waals surface area contributed by atoms with Gasteiger partial charge in [-0.3, -0.25) is 19.6 Å². The molecule has 0 N–H and O–H groups in total. The van der Waals surface area contributed by atoms with E-state index >= 15 is 0 Å². The van der Waals surface area contributed by atoms with Crippen molar-refractivity contribution in [3.8, 4) is 0 Å². The van der Waals surface area contributed by atoms with Gasteiger partial charge < -0.3 is 4.90 Å². The number of nitrogens with zero attached hydrogens (tertiary/aromatic N) is 4. The molecule has 2 aliphatic heterocycles. The van der Waals surface area contributed by atoms with Crippen LogP contribution in [0, 0.1) is 0 Å². The topological polar surface area (TPSA) is 39.7 Å². The molecule has 2 aliphatic rings. The molecule has 5 heteroatoms. The highest BCUT2D eigenvalue weighted by atomic mass is 16.2. The number of carbonyl (C=O) groups excluding carboxylic acids is 1. The first-order valence-corrected chi connectivity index (χ1v) is 9.82. The third-order valence-electron chi connectivity index (χ3n) is 6.11. The second-order valence-electron chi connectivity index (χ2n) is 7.75. The molecule has 3 rings (SSSR count). The number of likely N-dealkylation sites (N-methyl/N-ethyl adjacent to an activating group) is 1. The van der Waals surface area contributed by atoms with Gasteiger partial charge in [0, 0.05) is 57.4 Å². The van der Waals surface area contributed by atoms with Crippen LogP contribution in [0.25, 0.3) is 0 Å². The fourth-order valence-corrected chi connectivity index (χ4v) is 4.25. The molecule has 0 aromatic carbocycles. The number of aryl methyl sites for hydroxylation is 1. The number of hydrogen-bond donors (Lipinski definition) is 0. The number of aromatic nitrogens is 1. The minimum absolute atomic E-state index is 0.0905. The van der Waals surface area contributed by atoms with Gasteiger partial charge in [0.15, 0.2) is 0 Å². The third-order valence-corrected chi connectivity index (χ3v) is 6.11. The molecular weight excluding hydrogens is 324 g/mol. The summed E-state index contributed by atoms with van der Waals surface area (Å²) in [6.07, 6.45) is 7.46. The molecule has 3 heterocycles. The predicted octanol–water partition coefficient (Wildman–Crippen LogP) is 2.33. The number of rotatable bonds is 5. The summed E-state index contributed by atoms with van der Waals surface area (Å²) in [6, 6.07) is 4.35. The van der Waals surface area contributed by atoms with Crippen molar-refractivity contribution in [1.82, 2.24) is 19.7 Å². The van der Waals surface area contributed by atoms with Crippen LogP contribution in [0.1, 0.15) is 37.4 Å². The van der Waals surface area contributed by atoms with Gasteiger partial charge in [-0.05, 0) is 37.9 Å². The van der Waals surface area contributed by atoms with Crippen LogP contribution in [0.2, 0.25) is 0 Å². The Morgan fingerprint density at radius 2 is 2.12 bits per heavy atom. The monoisotopic (exact) mass is 356 g/mol. The summed E-state index contributed by atoms with van der Waals surface area (Å²) in [7, 11) is 2.22. The molecule has 1 aromatic heterocycles. The van der Waals surface area contributed by atoms with Crippen LogP contribution < -0.4 is 0 Å². The summed E-state index contributed by atoms with van der Waals surface area (Å²) < 4.78 is 0. The smallest absolute Gasteiger partial charge is 0.222 e. The Hall–Kier alpha value is -1.72. The van der Waals surface area contributed by atoms with Crippen LogP contribution in [-0.2, 0) is 17.8 Å². The predicted molar refractivity (Wildman–Crippen MR) is 105 cm³/mol. The van der Waals surface area contributed by atoms with Crippen molar-refractivity contribution in [1.29, 1.82) is 0 Å². The maximum Gasteiger partial charge on any atom is 0.222 e. The van der Waals surface area contributed by atoms with Gasteiger partial charge in [-0.15, -0.1) is 6.58 Å². The summed E-state index contributed by atoms with van der Waals surface area (Å²) in [6.45, 7) is 11.4. The minimum Gasteiger partial charge on any atom is -0.339 e. The number of likely N-dealkylation sites (tertiary alicyclic amines) is 1. The number of piperazine rings is 1. The molecule has 2 fully saturated rings. The fourth-order valence-electron chi connectivity index (χ4n) is 4.25. The molecule has 0 aliphatic carbocycles. The SMILES string of the molecule is C=CCN1CC[C@@]2(CCC1=O)CN(Cc1ccc(CC)cn1)CCN2C. The summed E-state index contributed by atoms with van der Waals surface area (Å²) in [5.41, 5.74) is 2.51. The lowest BCUT2D eigenvalue weighted by molar-refractivity contribution is -0.130. The molecular formula is C21H32N4O. The van der Waals surface area contributed by atoms with E-state index in [4.69, 9.17) is 0 Å². The van der Waals surface area contributed by atoms with E-state index in [1.807, 2.05) is 17.2 Å². The molecule has 1 spiro atoms. The van der Waals surface area contributed by atoms with E-state index in [0.717, 1.165) is 57.7 Å². The van der Waals surface area contributed by atoms with Gasteiger partial charge in [-0.25, -0.2) is 0 Å². The van der Waals surface area contributed by atoms with Crippen LogP contribution in [0.15, 0.2) is 31.0 Å². The van der Waals surface area contributed by atoms with Crippen LogP contribution >= 0.6 is 0 Å². The lowest BCUT2D eigenvalue weighted by Gasteiger charge is -2.49. The zero-order valence-corrected chi connectivity index (χ0v) is 16.3. The molecule has 1 atom stereocenters. The van der Waals surface area contributed by atoms with E-state index in [9.17, 15) is 4.79 Å². The number of pyridine rings is 1. The number of amides is 1. The largest absolute Gasteiger partial charge is 0.339 e. The van der Waals surface area contributed by atoms with Crippen molar-refractivity contribution in [2.75, 3.05) is 39.8 Å². The third kappa shape index (κ3) is 4.15. The van der Waals surface area contributed by atoms with E-state index in [1.54, 1.807) is 0 Å². The lowest BCUT2D eigenvalue weighted by atomic mass is 9.86. The van der Waals surface area contributed by atoms with Gasteiger partial charge in [0.1, 0.15) is 0 Å². The maximum absolute atomic E-state index is 12.4. The zero-order chi connectivity index (χ0) is 18.6. The second-order valence-corrected chi connectivity index (χ2v) is 7.75. The fraction of sp³-hybridized carbons (Fsp3) is 0.619. The van der Waals surface area contributed by atoms with Crippen molar-refractivity contribution >= 4 is 5.91 Å². The maximum atomic E-state index is 12.4. The highest BCUT2D eigenvalue weighted by Crippen LogP contribution is 2.32. The van der Waals surface area contributed by atoms with E-state index in [0.29, 0.717) is 13.0 Å². The minimum atomic E-state index is 0.0905. The molecule has 1 amide bonds. The summed E-state index contributed by atoms with van der Waals surface area (Å²) >= 11 is 0. The Kier molecular flexibility index (Phi) is 6.09. The lowest BCUT2D eigenvalue weighted by Crippen LogP contribution is -2.60. The van der Waals surface area contributed by atoms with Crippen molar-refractivity contribution < 1.29 is 4.79 Å². The summed E-state index contributed by atoms with van der Waals surface area (Å²) in [5, 5.41) is 0. The molecule has 142 valence electrons. The Bertz CT molecular complexity index is 629. The van der Waals surface area contributed by atoms with Crippen LogP contribution in [0.3, 0.4) is 0 Å². The molecule has 0 saturated carbocycles. The van der Waals surface area contributed by atoms with E-state index in [2.05, 4.69) is 47.5 Å². The molecule has 5 nitrogen and oxygen atoms in total. The Morgan fingerprint density at radius 1 is 1.27 bits per heavy atom. The Balaban J connectivity index is 1.68. The quantitative estimate of drug-likeness (QED) is 0.759. The number of hydrogen-bond acceptors (Lipinski definition) is 4. The molecule has 0 unspecified atom stereocenters. The zero-order valence-electron chi connectivity index (χ0n) is 16.3. The second kappa shape index (κ2) is 8.31. The van der Waals surface area contributed by atoms with E-state index in [-0.39, 0.29) is 11.4 Å². The summed E-state index contributed by atoms with van der Waals surface area (Å²) in [5.74, 6) is 0.268. The Morgan fingerprint density at radius 3 is 2.81 bits per heavy atom. The van der Waals surface area contributed by atoms with Crippen molar-refractivity contribution in [3.05, 3.63) is 42.2 Å². The molecule has 0 radical (unpaired) electrons. The van der Waals surface area contributed by atoms with Crippen molar-refractivity contribution in [3.63, 3.8) is 0 Å². The van der Waals surface area contributed by atoms with Gasteiger partial charge in [0.2, 0.25) is 5.91 Å². The van der Waals surface area contributed by atoms with E-state index < -0.39 is 0 Å². The number of carbonyl (C=O) groups is 1. The van der Waals surface area contributed by atoms with Gasteiger partial charge >= 0.3 is 0 Å². The molecule has 1 aromatic rings. The van der Waals surface area contributed by atoms with Crippen LogP contribution in [0.5, 0.6) is 0 Å². The van der Waals surface area contributed by atoms with Gasteiger partial charge in [-0.1, -0.05) is 19.1 Å². The van der Waals surface area contributed by atoms with Crippen molar-refractivity contribution in [2.45, 2.75) is 44.7 Å². The molecule has 2 saturated heterocycles. The average Bonchev–Trinajstić information content (AvgIpc) is 2.80. The normalized spacial score (nSPS) is 25.5. The summed E-state index contributed by atoms with van der Waals surface area (Å²) in [4.78, 5) is 24.0. The van der Waals surface area contributed by atoms with Crippen LogP contribution in [-0.4, -0.2) is 70.9 Å². The first kappa shape index (κ1) is 19.1. The van der Waals surface area contributed by atoms with E-state index in [1.165, 1.54) is 5.56 Å². The first-order chi connectivity index (χ1) is 12.6. The molecule has 0 bridgehead atoms. The van der Waals surface area contributed by atoms with Gasteiger partial charge in [0.25, 0.3) is 0 Å².